The molecule has 0 saturated heterocycles. The van der Waals surface area contributed by atoms with Gasteiger partial charge in [0.15, 0.2) is 0 Å². The molecule has 0 heterocycles. The SMILES string of the molecule is CNC(=O)c1cccc(NC(=O)/C=C/c2ccc(OC)c(S(=O)(=O)NC(C)C)c2)c1. The lowest BCUT2D eigenvalue weighted by molar-refractivity contribution is -0.111. The normalized spacial score (nSPS) is 11.5. The summed E-state index contributed by atoms with van der Waals surface area (Å²) in [5.41, 5.74) is 1.39. The Kier molecular flexibility index (Phi) is 7.73. The van der Waals surface area contributed by atoms with Crippen molar-refractivity contribution in [1.29, 1.82) is 0 Å². The number of nitrogens with one attached hydrogen (secondary N) is 3. The maximum absolute atomic E-state index is 12.5. The summed E-state index contributed by atoms with van der Waals surface area (Å²) in [5, 5.41) is 5.18. The number of methoxy groups -OCH3 is 1. The number of sulfonamides is 1. The third kappa shape index (κ3) is 6.16. The van der Waals surface area contributed by atoms with Crippen molar-refractivity contribution >= 4 is 33.6 Å². The summed E-state index contributed by atoms with van der Waals surface area (Å²) >= 11 is 0. The van der Waals surface area contributed by atoms with E-state index in [0.717, 1.165) is 0 Å². The van der Waals surface area contributed by atoms with Crippen LogP contribution in [0.4, 0.5) is 5.69 Å². The standard InChI is InChI=1S/C21H25N3O5S/c1-14(2)24-30(27,28)19-12-15(8-10-18(19)29-4)9-11-20(25)23-17-7-5-6-16(13-17)21(26)22-3/h5-14,24H,1-4H3,(H,22,26)(H,23,25)/b11-9+. The Morgan fingerprint density at radius 2 is 1.83 bits per heavy atom. The van der Waals surface area contributed by atoms with Gasteiger partial charge in [0.05, 0.1) is 7.11 Å². The summed E-state index contributed by atoms with van der Waals surface area (Å²) in [6.07, 6.45) is 2.77. The van der Waals surface area contributed by atoms with Crippen LogP contribution in [-0.2, 0) is 14.8 Å². The Balaban J connectivity index is 2.21. The molecule has 0 bridgehead atoms. The van der Waals surface area contributed by atoms with E-state index >= 15 is 0 Å². The molecule has 0 atom stereocenters. The van der Waals surface area contributed by atoms with E-state index in [1.54, 1.807) is 44.2 Å². The highest BCUT2D eigenvalue weighted by Gasteiger charge is 2.20. The molecule has 0 saturated carbocycles. The number of anilines is 1. The first-order chi connectivity index (χ1) is 14.2. The van der Waals surface area contributed by atoms with E-state index in [-0.39, 0.29) is 22.6 Å². The van der Waals surface area contributed by atoms with Crippen LogP contribution in [0.3, 0.4) is 0 Å². The first-order valence-corrected chi connectivity index (χ1v) is 10.7. The largest absolute Gasteiger partial charge is 0.495 e. The number of rotatable bonds is 8. The van der Waals surface area contributed by atoms with E-state index in [4.69, 9.17) is 4.74 Å². The van der Waals surface area contributed by atoms with Gasteiger partial charge in [0.1, 0.15) is 10.6 Å². The lowest BCUT2D eigenvalue weighted by atomic mass is 10.2. The number of hydrogen-bond donors (Lipinski definition) is 3. The molecule has 0 fully saturated rings. The molecule has 2 aromatic rings. The number of ether oxygens (including phenoxy) is 1. The minimum absolute atomic E-state index is 0.0143. The molecule has 0 aliphatic carbocycles. The Bertz CT molecular complexity index is 1060. The first-order valence-electron chi connectivity index (χ1n) is 9.18. The number of amides is 2. The number of carbonyl (C=O) groups is 2. The molecule has 160 valence electrons. The van der Waals surface area contributed by atoms with Crippen LogP contribution in [0.15, 0.2) is 53.4 Å². The summed E-state index contributed by atoms with van der Waals surface area (Å²) < 4.78 is 32.7. The van der Waals surface area contributed by atoms with Crippen molar-refractivity contribution in [2.24, 2.45) is 0 Å². The van der Waals surface area contributed by atoms with E-state index in [2.05, 4.69) is 15.4 Å². The highest BCUT2D eigenvalue weighted by Crippen LogP contribution is 2.25. The second-order valence-corrected chi connectivity index (χ2v) is 8.35. The van der Waals surface area contributed by atoms with Crippen LogP contribution in [0.1, 0.15) is 29.8 Å². The molecule has 30 heavy (non-hydrogen) atoms. The van der Waals surface area contributed by atoms with Gasteiger partial charge in [-0.2, -0.15) is 0 Å². The zero-order valence-corrected chi connectivity index (χ0v) is 18.0. The van der Waals surface area contributed by atoms with Crippen LogP contribution in [0, 0.1) is 0 Å². The lowest BCUT2D eigenvalue weighted by Crippen LogP contribution is -2.30. The van der Waals surface area contributed by atoms with Crippen LogP contribution in [0.2, 0.25) is 0 Å². The highest BCUT2D eigenvalue weighted by atomic mass is 32.2. The van der Waals surface area contributed by atoms with Gasteiger partial charge in [-0.05, 0) is 55.8 Å². The molecular weight excluding hydrogens is 406 g/mol. The van der Waals surface area contributed by atoms with Gasteiger partial charge in [-0.1, -0.05) is 12.1 Å². The fraction of sp³-hybridized carbons (Fsp3) is 0.238. The van der Waals surface area contributed by atoms with Crippen LogP contribution >= 0.6 is 0 Å². The minimum atomic E-state index is -3.77. The maximum Gasteiger partial charge on any atom is 0.251 e. The smallest absolute Gasteiger partial charge is 0.251 e. The molecule has 0 radical (unpaired) electrons. The van der Waals surface area contributed by atoms with E-state index in [9.17, 15) is 18.0 Å². The third-order valence-corrected chi connectivity index (χ3v) is 5.59. The number of carbonyl (C=O) groups excluding carboxylic acids is 2. The Morgan fingerprint density at radius 1 is 1.10 bits per heavy atom. The van der Waals surface area contributed by atoms with Crippen molar-refractivity contribution in [1.82, 2.24) is 10.0 Å². The predicted octanol–water partition coefficient (Wildman–Crippen LogP) is 2.39. The number of benzene rings is 2. The van der Waals surface area contributed by atoms with Crippen molar-refractivity contribution in [3.8, 4) is 5.75 Å². The molecule has 0 aliphatic heterocycles. The van der Waals surface area contributed by atoms with Crippen LogP contribution in [0.5, 0.6) is 5.75 Å². The van der Waals surface area contributed by atoms with Crippen LogP contribution in [0.25, 0.3) is 6.08 Å². The molecular formula is C21H25N3O5S. The van der Waals surface area contributed by atoms with Gasteiger partial charge >= 0.3 is 0 Å². The predicted molar refractivity (Wildman–Crippen MR) is 116 cm³/mol. The van der Waals surface area contributed by atoms with Crippen molar-refractivity contribution in [3.05, 3.63) is 59.7 Å². The van der Waals surface area contributed by atoms with Gasteiger partial charge in [0.2, 0.25) is 15.9 Å². The fourth-order valence-corrected chi connectivity index (χ4v) is 4.07. The zero-order chi connectivity index (χ0) is 22.3. The summed E-state index contributed by atoms with van der Waals surface area (Å²) in [4.78, 5) is 23.9. The average molecular weight is 432 g/mol. The second kappa shape index (κ2) is 10.0. The minimum Gasteiger partial charge on any atom is -0.495 e. The molecule has 0 unspecified atom stereocenters. The molecule has 0 aliphatic rings. The lowest BCUT2D eigenvalue weighted by Gasteiger charge is -2.13. The van der Waals surface area contributed by atoms with Gasteiger partial charge in [-0.15, -0.1) is 0 Å². The molecule has 2 aromatic carbocycles. The van der Waals surface area contributed by atoms with Crippen molar-refractivity contribution in [2.75, 3.05) is 19.5 Å². The van der Waals surface area contributed by atoms with Crippen molar-refractivity contribution < 1.29 is 22.7 Å². The molecule has 9 heteroatoms. The third-order valence-electron chi connectivity index (χ3n) is 3.91. The van der Waals surface area contributed by atoms with Gasteiger partial charge in [0.25, 0.3) is 5.91 Å². The Hall–Kier alpha value is -3.17. The molecule has 0 spiro atoms. The maximum atomic E-state index is 12.5. The summed E-state index contributed by atoms with van der Waals surface area (Å²) in [6.45, 7) is 3.44. The zero-order valence-electron chi connectivity index (χ0n) is 17.2. The average Bonchev–Trinajstić information content (AvgIpc) is 2.70. The van der Waals surface area contributed by atoms with E-state index < -0.39 is 15.9 Å². The van der Waals surface area contributed by atoms with Crippen molar-refractivity contribution in [3.63, 3.8) is 0 Å². The van der Waals surface area contributed by atoms with Crippen LogP contribution < -0.4 is 20.1 Å². The van der Waals surface area contributed by atoms with E-state index in [0.29, 0.717) is 16.8 Å². The van der Waals surface area contributed by atoms with E-state index in [1.165, 1.54) is 38.4 Å². The first kappa shape index (κ1) is 23.1. The molecule has 2 rings (SSSR count). The highest BCUT2D eigenvalue weighted by molar-refractivity contribution is 7.89. The van der Waals surface area contributed by atoms with E-state index in [1.807, 2.05) is 0 Å². The fourth-order valence-electron chi connectivity index (χ4n) is 2.62. The summed E-state index contributed by atoms with van der Waals surface area (Å²) in [7, 11) is -0.862. The number of hydrogen-bond acceptors (Lipinski definition) is 5. The van der Waals surface area contributed by atoms with Gasteiger partial charge in [-0.25, -0.2) is 13.1 Å². The molecule has 2 amide bonds. The summed E-state index contributed by atoms with van der Waals surface area (Å²) in [6, 6.07) is 10.8. The quantitative estimate of drug-likeness (QED) is 0.556. The second-order valence-electron chi connectivity index (χ2n) is 6.67. The summed E-state index contributed by atoms with van der Waals surface area (Å²) in [5.74, 6) is -0.482. The molecule has 0 aromatic heterocycles. The Morgan fingerprint density at radius 3 is 2.47 bits per heavy atom. The van der Waals surface area contributed by atoms with Gasteiger partial charge in [-0.3, -0.25) is 9.59 Å². The topological polar surface area (TPSA) is 114 Å². The van der Waals surface area contributed by atoms with Crippen LogP contribution in [-0.4, -0.2) is 40.4 Å². The van der Waals surface area contributed by atoms with Gasteiger partial charge in [0, 0.05) is 30.4 Å². The molecule has 8 nitrogen and oxygen atoms in total. The van der Waals surface area contributed by atoms with Gasteiger partial charge < -0.3 is 15.4 Å². The molecule has 3 N–H and O–H groups in total. The Labute approximate surface area is 176 Å². The van der Waals surface area contributed by atoms with Crippen molar-refractivity contribution in [2.45, 2.75) is 24.8 Å². The monoisotopic (exact) mass is 431 g/mol.